The van der Waals surface area contributed by atoms with Crippen LogP contribution in [0.15, 0.2) is 29.0 Å². The zero-order chi connectivity index (χ0) is 13.1. The number of halogens is 1. The molecule has 0 radical (unpaired) electrons. The zero-order valence-electron chi connectivity index (χ0n) is 9.50. The van der Waals surface area contributed by atoms with Crippen LogP contribution in [0.25, 0.3) is 0 Å². The third-order valence-corrected chi connectivity index (χ3v) is 2.81. The highest BCUT2D eigenvalue weighted by molar-refractivity contribution is 9.10. The van der Waals surface area contributed by atoms with Crippen molar-refractivity contribution in [1.82, 2.24) is 14.8 Å². The Morgan fingerprint density at radius 2 is 2.28 bits per heavy atom. The van der Waals surface area contributed by atoms with Crippen molar-refractivity contribution in [3.05, 3.63) is 44.9 Å². The number of non-ortho nitro benzene ring substituents is 1. The summed E-state index contributed by atoms with van der Waals surface area (Å²) in [5.74, 6) is 0.748. The molecule has 0 bridgehead atoms. The Morgan fingerprint density at radius 1 is 1.50 bits per heavy atom. The molecule has 0 atom stereocenters. The normalized spacial score (nSPS) is 10.3. The molecule has 94 valence electrons. The van der Waals surface area contributed by atoms with Crippen LogP contribution >= 0.6 is 15.9 Å². The van der Waals surface area contributed by atoms with Crippen LogP contribution in [-0.2, 0) is 13.6 Å². The molecule has 0 amide bonds. The van der Waals surface area contributed by atoms with Crippen molar-refractivity contribution < 1.29 is 4.92 Å². The molecular formula is C10H10BrN5O2. The van der Waals surface area contributed by atoms with Crippen LogP contribution in [-0.4, -0.2) is 19.7 Å². The summed E-state index contributed by atoms with van der Waals surface area (Å²) in [4.78, 5) is 14.3. The lowest BCUT2D eigenvalue weighted by molar-refractivity contribution is -0.384. The summed E-state index contributed by atoms with van der Waals surface area (Å²) in [6.45, 7) is 0.449. The van der Waals surface area contributed by atoms with Crippen LogP contribution in [0.2, 0.25) is 0 Å². The number of nitro groups is 1. The van der Waals surface area contributed by atoms with Gasteiger partial charge < -0.3 is 5.32 Å². The van der Waals surface area contributed by atoms with E-state index in [9.17, 15) is 10.1 Å². The van der Waals surface area contributed by atoms with Crippen LogP contribution in [0.4, 0.5) is 11.4 Å². The summed E-state index contributed by atoms with van der Waals surface area (Å²) in [5, 5.41) is 17.7. The van der Waals surface area contributed by atoms with Crippen LogP contribution in [0.5, 0.6) is 0 Å². The molecule has 1 heterocycles. The molecule has 0 aliphatic rings. The highest BCUT2D eigenvalue weighted by Gasteiger charge is 2.09. The predicted octanol–water partition coefficient (Wildman–Crippen LogP) is 2.10. The molecule has 18 heavy (non-hydrogen) atoms. The summed E-state index contributed by atoms with van der Waals surface area (Å²) < 4.78 is 2.29. The molecule has 1 aromatic carbocycles. The Morgan fingerprint density at radius 3 is 2.89 bits per heavy atom. The maximum atomic E-state index is 10.7. The monoisotopic (exact) mass is 311 g/mol. The van der Waals surface area contributed by atoms with Gasteiger partial charge in [0.15, 0.2) is 0 Å². The van der Waals surface area contributed by atoms with Gasteiger partial charge in [0.1, 0.15) is 12.2 Å². The van der Waals surface area contributed by atoms with Gasteiger partial charge in [-0.15, -0.1) is 0 Å². The molecule has 7 nitrogen and oxygen atoms in total. The minimum absolute atomic E-state index is 0.0323. The molecule has 0 aliphatic heterocycles. The molecule has 0 aliphatic carbocycles. The number of aryl methyl sites for hydroxylation is 1. The van der Waals surface area contributed by atoms with Gasteiger partial charge in [-0.2, -0.15) is 5.10 Å². The van der Waals surface area contributed by atoms with Crippen molar-refractivity contribution in [3.8, 4) is 0 Å². The number of nitrogens with zero attached hydrogens (tertiary/aromatic N) is 4. The fourth-order valence-electron chi connectivity index (χ4n) is 1.44. The minimum Gasteiger partial charge on any atom is -0.378 e. The number of nitro benzene ring substituents is 1. The maximum Gasteiger partial charge on any atom is 0.272 e. The van der Waals surface area contributed by atoms with E-state index in [0.29, 0.717) is 16.7 Å². The van der Waals surface area contributed by atoms with Crippen molar-refractivity contribution in [2.75, 3.05) is 5.32 Å². The van der Waals surface area contributed by atoms with E-state index >= 15 is 0 Å². The Kier molecular flexibility index (Phi) is 3.56. The minimum atomic E-state index is -0.432. The molecule has 1 N–H and O–H groups in total. The smallest absolute Gasteiger partial charge is 0.272 e. The molecule has 0 saturated heterocycles. The average Bonchev–Trinajstić information content (AvgIpc) is 2.71. The zero-order valence-corrected chi connectivity index (χ0v) is 11.1. The number of rotatable bonds is 4. The van der Waals surface area contributed by atoms with Crippen molar-refractivity contribution in [2.45, 2.75) is 6.54 Å². The second kappa shape index (κ2) is 5.13. The highest BCUT2D eigenvalue weighted by atomic mass is 79.9. The molecule has 1 aromatic heterocycles. The van der Waals surface area contributed by atoms with Crippen LogP contribution < -0.4 is 5.32 Å². The molecule has 0 saturated carbocycles. The fourth-order valence-corrected chi connectivity index (χ4v) is 1.92. The number of benzene rings is 1. The van der Waals surface area contributed by atoms with Gasteiger partial charge in [0.05, 0.1) is 11.5 Å². The maximum absolute atomic E-state index is 10.7. The van der Waals surface area contributed by atoms with E-state index in [4.69, 9.17) is 0 Å². The first kappa shape index (κ1) is 12.5. The van der Waals surface area contributed by atoms with Gasteiger partial charge in [0, 0.05) is 29.3 Å². The summed E-state index contributed by atoms with van der Waals surface area (Å²) in [6, 6.07) is 4.69. The van der Waals surface area contributed by atoms with Crippen LogP contribution in [0.1, 0.15) is 5.82 Å². The molecule has 0 unspecified atom stereocenters. The van der Waals surface area contributed by atoms with Gasteiger partial charge in [0.2, 0.25) is 0 Å². The molecule has 8 heteroatoms. The predicted molar refractivity (Wildman–Crippen MR) is 69.1 cm³/mol. The Balaban J connectivity index is 2.14. The van der Waals surface area contributed by atoms with Crippen LogP contribution in [0.3, 0.4) is 0 Å². The molecule has 0 spiro atoms. The molecular weight excluding hydrogens is 302 g/mol. The van der Waals surface area contributed by atoms with E-state index in [1.807, 2.05) is 0 Å². The number of anilines is 1. The highest BCUT2D eigenvalue weighted by Crippen LogP contribution is 2.24. The van der Waals surface area contributed by atoms with Gasteiger partial charge in [0.25, 0.3) is 5.69 Å². The lowest BCUT2D eigenvalue weighted by atomic mass is 10.3. The van der Waals surface area contributed by atoms with E-state index in [0.717, 1.165) is 5.82 Å². The Hall–Kier alpha value is -1.96. The van der Waals surface area contributed by atoms with Gasteiger partial charge in [-0.25, -0.2) is 4.98 Å². The second-order valence-corrected chi connectivity index (χ2v) is 4.52. The molecule has 2 aromatic rings. The summed E-state index contributed by atoms with van der Waals surface area (Å²) in [6.07, 6.45) is 1.46. The third-order valence-electron chi connectivity index (χ3n) is 2.35. The first-order chi connectivity index (χ1) is 8.56. The largest absolute Gasteiger partial charge is 0.378 e. The Bertz CT molecular complexity index is 583. The first-order valence-electron chi connectivity index (χ1n) is 5.08. The number of hydrogen-bond acceptors (Lipinski definition) is 5. The van der Waals surface area contributed by atoms with E-state index in [1.165, 1.54) is 18.5 Å². The summed E-state index contributed by atoms with van der Waals surface area (Å²) >= 11 is 3.24. The third kappa shape index (κ3) is 2.83. The first-order valence-corrected chi connectivity index (χ1v) is 5.87. The van der Waals surface area contributed by atoms with Crippen molar-refractivity contribution >= 4 is 27.3 Å². The van der Waals surface area contributed by atoms with Gasteiger partial charge in [-0.1, -0.05) is 15.9 Å². The number of nitrogens with one attached hydrogen (secondary N) is 1. The lowest BCUT2D eigenvalue weighted by Gasteiger charge is -2.06. The van der Waals surface area contributed by atoms with Gasteiger partial charge in [-0.05, 0) is 6.07 Å². The van der Waals surface area contributed by atoms with E-state index in [2.05, 4.69) is 31.3 Å². The number of aromatic nitrogens is 3. The van der Waals surface area contributed by atoms with Crippen molar-refractivity contribution in [2.24, 2.45) is 7.05 Å². The topological polar surface area (TPSA) is 85.9 Å². The van der Waals surface area contributed by atoms with Crippen molar-refractivity contribution in [1.29, 1.82) is 0 Å². The lowest BCUT2D eigenvalue weighted by Crippen LogP contribution is -2.07. The van der Waals surface area contributed by atoms with Crippen LogP contribution in [0, 0.1) is 10.1 Å². The quantitative estimate of drug-likeness (QED) is 0.690. The van der Waals surface area contributed by atoms with E-state index < -0.39 is 4.92 Å². The standard InChI is InChI=1S/C10H10BrN5O2/c1-15-10(13-6-14-15)5-12-8-2-7(11)3-9(4-8)16(17)18/h2-4,6,12H,5H2,1H3. The molecule has 0 fully saturated rings. The molecule has 2 rings (SSSR count). The second-order valence-electron chi connectivity index (χ2n) is 3.61. The summed E-state index contributed by atoms with van der Waals surface area (Å²) in [7, 11) is 1.79. The fraction of sp³-hybridized carbons (Fsp3) is 0.200. The summed E-state index contributed by atoms with van der Waals surface area (Å²) in [5.41, 5.74) is 0.684. The Labute approximate surface area is 111 Å². The SMILES string of the molecule is Cn1ncnc1CNc1cc(Br)cc([N+](=O)[O-])c1. The van der Waals surface area contributed by atoms with Gasteiger partial charge >= 0.3 is 0 Å². The van der Waals surface area contributed by atoms with Gasteiger partial charge in [-0.3, -0.25) is 14.8 Å². The van der Waals surface area contributed by atoms with E-state index in [-0.39, 0.29) is 5.69 Å². The van der Waals surface area contributed by atoms with Crippen molar-refractivity contribution in [3.63, 3.8) is 0 Å². The average molecular weight is 312 g/mol. The number of hydrogen-bond donors (Lipinski definition) is 1. The van der Waals surface area contributed by atoms with E-state index in [1.54, 1.807) is 17.8 Å².